The molecular weight excluding hydrogens is 234 g/mol. The van der Waals surface area contributed by atoms with Gasteiger partial charge in [-0.15, -0.1) is 0 Å². The van der Waals surface area contributed by atoms with Crippen LogP contribution < -0.4 is 15.8 Å². The highest BCUT2D eigenvalue weighted by Gasteiger charge is 2.14. The molecule has 18 heavy (non-hydrogen) atoms. The van der Waals surface area contributed by atoms with Crippen molar-refractivity contribution in [3.8, 4) is 5.75 Å². The number of nitrogens with two attached hydrogens (primary N) is 1. The van der Waals surface area contributed by atoms with Crippen molar-refractivity contribution in [1.82, 2.24) is 5.16 Å². The molecule has 0 unspecified atom stereocenters. The van der Waals surface area contributed by atoms with E-state index in [0.29, 0.717) is 22.7 Å². The van der Waals surface area contributed by atoms with Gasteiger partial charge in [-0.25, -0.2) is 0 Å². The molecular formula is C12H13N3O3. The minimum absolute atomic E-state index is 0.186. The van der Waals surface area contributed by atoms with Crippen molar-refractivity contribution >= 4 is 17.3 Å². The van der Waals surface area contributed by atoms with Crippen molar-refractivity contribution in [3.63, 3.8) is 0 Å². The summed E-state index contributed by atoms with van der Waals surface area (Å²) < 4.78 is 9.93. The third kappa shape index (κ3) is 2.27. The lowest BCUT2D eigenvalue weighted by Crippen LogP contribution is -2.12. The summed E-state index contributed by atoms with van der Waals surface area (Å²) in [5.74, 6) is 0.324. The zero-order valence-electron chi connectivity index (χ0n) is 10.1. The average molecular weight is 247 g/mol. The van der Waals surface area contributed by atoms with E-state index in [1.807, 2.05) is 0 Å². The van der Waals surface area contributed by atoms with Crippen LogP contribution in [0.15, 0.2) is 28.9 Å². The van der Waals surface area contributed by atoms with E-state index in [1.165, 1.54) is 13.3 Å². The number of amides is 1. The maximum Gasteiger partial charge on any atom is 0.294 e. The fraction of sp³-hybridized carbons (Fsp3) is 0.167. The summed E-state index contributed by atoms with van der Waals surface area (Å²) in [6.45, 7) is 1.75. The van der Waals surface area contributed by atoms with Gasteiger partial charge in [-0.3, -0.25) is 4.79 Å². The van der Waals surface area contributed by atoms with E-state index in [0.717, 1.165) is 0 Å². The number of hydrogen-bond donors (Lipinski definition) is 2. The molecule has 2 rings (SSSR count). The summed E-state index contributed by atoms with van der Waals surface area (Å²) in [7, 11) is 1.51. The first kappa shape index (κ1) is 12.0. The zero-order chi connectivity index (χ0) is 13.1. The van der Waals surface area contributed by atoms with E-state index >= 15 is 0 Å². The summed E-state index contributed by atoms with van der Waals surface area (Å²) >= 11 is 0. The van der Waals surface area contributed by atoms with Crippen molar-refractivity contribution < 1.29 is 14.1 Å². The first-order chi connectivity index (χ1) is 8.61. The van der Waals surface area contributed by atoms with Gasteiger partial charge in [-0.2, -0.15) is 0 Å². The number of carbonyl (C=O) groups excluding carboxylic acids is 1. The topological polar surface area (TPSA) is 90.4 Å². The number of nitrogens with zero attached hydrogens (tertiary/aromatic N) is 1. The van der Waals surface area contributed by atoms with Crippen LogP contribution in [-0.2, 0) is 0 Å². The van der Waals surface area contributed by atoms with Crippen LogP contribution in [0.25, 0.3) is 0 Å². The number of hydrogen-bond acceptors (Lipinski definition) is 5. The molecule has 0 aliphatic heterocycles. The molecule has 6 heteroatoms. The van der Waals surface area contributed by atoms with Crippen LogP contribution in [0.4, 0.5) is 11.4 Å². The van der Waals surface area contributed by atoms with Gasteiger partial charge in [-0.1, -0.05) is 5.16 Å². The zero-order valence-corrected chi connectivity index (χ0v) is 10.1. The number of aryl methyl sites for hydroxylation is 1. The molecule has 0 aliphatic carbocycles. The van der Waals surface area contributed by atoms with E-state index in [1.54, 1.807) is 25.1 Å². The number of methoxy groups -OCH3 is 1. The van der Waals surface area contributed by atoms with Crippen LogP contribution in [-0.4, -0.2) is 18.2 Å². The van der Waals surface area contributed by atoms with Gasteiger partial charge in [0.25, 0.3) is 5.91 Å². The third-order valence-corrected chi connectivity index (χ3v) is 2.45. The van der Waals surface area contributed by atoms with Crippen molar-refractivity contribution in [2.75, 3.05) is 18.2 Å². The summed E-state index contributed by atoms with van der Waals surface area (Å²) in [4.78, 5) is 11.9. The van der Waals surface area contributed by atoms with Gasteiger partial charge in [0.2, 0.25) is 5.76 Å². The Labute approximate surface area is 104 Å². The molecule has 0 aliphatic rings. The van der Waals surface area contributed by atoms with E-state index < -0.39 is 0 Å². The molecule has 0 saturated heterocycles. The predicted molar refractivity (Wildman–Crippen MR) is 66.6 cm³/mol. The third-order valence-electron chi connectivity index (χ3n) is 2.45. The fourth-order valence-electron chi connectivity index (χ4n) is 1.49. The molecule has 1 aromatic heterocycles. The lowest BCUT2D eigenvalue weighted by atomic mass is 10.2. The molecule has 1 heterocycles. The number of rotatable bonds is 3. The standard InChI is InChI=1S/C12H13N3O3/c1-7-6-14-18-11(7)12(16)15-8-3-4-9(13)10(5-8)17-2/h3-6H,13H2,1-2H3,(H,15,16). The highest BCUT2D eigenvalue weighted by atomic mass is 16.5. The number of ether oxygens (including phenoxy) is 1. The number of carbonyl (C=O) groups is 1. The van der Waals surface area contributed by atoms with Crippen LogP contribution in [0.5, 0.6) is 5.75 Å². The van der Waals surface area contributed by atoms with E-state index in [4.69, 9.17) is 15.0 Å². The van der Waals surface area contributed by atoms with Gasteiger partial charge in [0.15, 0.2) is 0 Å². The smallest absolute Gasteiger partial charge is 0.294 e. The highest BCUT2D eigenvalue weighted by Crippen LogP contribution is 2.25. The van der Waals surface area contributed by atoms with Crippen LogP contribution >= 0.6 is 0 Å². The Hall–Kier alpha value is -2.50. The van der Waals surface area contributed by atoms with Crippen LogP contribution in [0.2, 0.25) is 0 Å². The summed E-state index contributed by atoms with van der Waals surface area (Å²) in [5.41, 5.74) is 7.44. The van der Waals surface area contributed by atoms with Crippen LogP contribution in [0, 0.1) is 6.92 Å². The Balaban J connectivity index is 2.20. The van der Waals surface area contributed by atoms with Gasteiger partial charge < -0.3 is 20.3 Å². The second-order valence-electron chi connectivity index (χ2n) is 3.75. The Kier molecular flexibility index (Phi) is 3.18. The minimum atomic E-state index is -0.364. The lowest BCUT2D eigenvalue weighted by molar-refractivity contribution is 0.0987. The number of aromatic nitrogens is 1. The average Bonchev–Trinajstić information content (AvgIpc) is 2.78. The van der Waals surface area contributed by atoms with E-state index in [9.17, 15) is 4.79 Å². The molecule has 0 radical (unpaired) electrons. The van der Waals surface area contributed by atoms with E-state index in [-0.39, 0.29) is 11.7 Å². The number of benzene rings is 1. The second kappa shape index (κ2) is 4.79. The van der Waals surface area contributed by atoms with Gasteiger partial charge in [-0.05, 0) is 19.1 Å². The first-order valence-electron chi connectivity index (χ1n) is 5.28. The minimum Gasteiger partial charge on any atom is -0.495 e. The van der Waals surface area contributed by atoms with Crippen molar-refractivity contribution in [3.05, 3.63) is 35.7 Å². The van der Waals surface area contributed by atoms with Crippen molar-refractivity contribution in [2.24, 2.45) is 0 Å². The van der Waals surface area contributed by atoms with Crippen LogP contribution in [0.1, 0.15) is 16.1 Å². The highest BCUT2D eigenvalue weighted by molar-refractivity contribution is 6.03. The Morgan fingerprint density at radius 1 is 1.50 bits per heavy atom. The molecule has 0 saturated carbocycles. The molecule has 3 N–H and O–H groups in total. The monoisotopic (exact) mass is 247 g/mol. The van der Waals surface area contributed by atoms with E-state index in [2.05, 4.69) is 10.5 Å². The predicted octanol–water partition coefficient (Wildman–Crippen LogP) is 1.83. The largest absolute Gasteiger partial charge is 0.495 e. The quantitative estimate of drug-likeness (QED) is 0.807. The lowest BCUT2D eigenvalue weighted by Gasteiger charge is -2.08. The summed E-state index contributed by atoms with van der Waals surface area (Å²) in [6, 6.07) is 4.97. The molecule has 1 amide bonds. The van der Waals surface area contributed by atoms with Gasteiger partial charge in [0, 0.05) is 17.3 Å². The fourth-order valence-corrected chi connectivity index (χ4v) is 1.49. The number of nitrogens with one attached hydrogen (secondary N) is 1. The molecule has 1 aromatic carbocycles. The maximum atomic E-state index is 11.9. The Morgan fingerprint density at radius 3 is 2.89 bits per heavy atom. The summed E-state index contributed by atoms with van der Waals surface area (Å²) in [6.07, 6.45) is 1.48. The molecule has 0 spiro atoms. The van der Waals surface area contributed by atoms with Gasteiger partial charge in [0.1, 0.15) is 5.75 Å². The maximum absolute atomic E-state index is 11.9. The first-order valence-corrected chi connectivity index (χ1v) is 5.28. The molecule has 0 fully saturated rings. The van der Waals surface area contributed by atoms with Crippen LogP contribution in [0.3, 0.4) is 0 Å². The molecule has 0 atom stereocenters. The molecule has 2 aromatic rings. The molecule has 94 valence electrons. The summed E-state index contributed by atoms with van der Waals surface area (Å²) in [5, 5.41) is 6.23. The van der Waals surface area contributed by atoms with Crippen molar-refractivity contribution in [1.29, 1.82) is 0 Å². The van der Waals surface area contributed by atoms with Gasteiger partial charge >= 0.3 is 0 Å². The van der Waals surface area contributed by atoms with Gasteiger partial charge in [0.05, 0.1) is 19.0 Å². The van der Waals surface area contributed by atoms with Crippen molar-refractivity contribution in [2.45, 2.75) is 6.92 Å². The Bertz CT molecular complexity index is 578. The Morgan fingerprint density at radius 2 is 2.28 bits per heavy atom. The SMILES string of the molecule is COc1cc(NC(=O)c2oncc2C)ccc1N. The number of nitrogen functional groups attached to an aromatic ring is 1. The molecule has 0 bridgehead atoms. The number of anilines is 2. The normalized spacial score (nSPS) is 10.1. The second-order valence-corrected chi connectivity index (χ2v) is 3.75. The molecule has 6 nitrogen and oxygen atoms in total.